The lowest BCUT2D eigenvalue weighted by atomic mass is 9.82. The molecular formula is C24H28ClN5. The predicted molar refractivity (Wildman–Crippen MR) is 121 cm³/mol. The Labute approximate surface area is 183 Å². The van der Waals surface area contributed by atoms with E-state index in [0.29, 0.717) is 5.92 Å². The number of pyridine rings is 1. The number of nitrogens with zero attached hydrogens (tertiary/aromatic N) is 4. The minimum Gasteiger partial charge on any atom is -0.371 e. The van der Waals surface area contributed by atoms with Gasteiger partial charge < -0.3 is 5.32 Å². The number of rotatable bonds is 3. The molecule has 5 nitrogen and oxygen atoms in total. The van der Waals surface area contributed by atoms with Gasteiger partial charge in [-0.3, -0.25) is 14.5 Å². The van der Waals surface area contributed by atoms with Crippen molar-refractivity contribution in [2.75, 3.05) is 18.4 Å². The van der Waals surface area contributed by atoms with Gasteiger partial charge in [0.25, 0.3) is 0 Å². The van der Waals surface area contributed by atoms with Gasteiger partial charge in [0.05, 0.1) is 35.0 Å². The number of likely N-dealkylation sites (tertiary alicyclic amines) is 1. The first-order chi connectivity index (χ1) is 14.5. The van der Waals surface area contributed by atoms with Gasteiger partial charge in [-0.05, 0) is 37.5 Å². The Morgan fingerprint density at radius 3 is 2.73 bits per heavy atom. The maximum absolute atomic E-state index is 6.46. The number of aromatic nitrogens is 3. The van der Waals surface area contributed by atoms with E-state index in [0.717, 1.165) is 54.7 Å². The summed E-state index contributed by atoms with van der Waals surface area (Å²) in [6, 6.07) is 8.37. The van der Waals surface area contributed by atoms with E-state index in [1.807, 2.05) is 18.5 Å². The molecule has 0 bridgehead atoms. The van der Waals surface area contributed by atoms with Crippen LogP contribution in [0.5, 0.6) is 0 Å². The van der Waals surface area contributed by atoms with Crippen molar-refractivity contribution < 1.29 is 0 Å². The number of hydrogen-bond donors (Lipinski definition) is 1. The quantitative estimate of drug-likeness (QED) is 0.625. The molecule has 2 aliphatic heterocycles. The molecule has 0 aliphatic carbocycles. The molecule has 156 valence electrons. The van der Waals surface area contributed by atoms with Gasteiger partial charge in [0, 0.05) is 36.8 Å². The van der Waals surface area contributed by atoms with Gasteiger partial charge in [-0.25, -0.2) is 4.98 Å². The topological polar surface area (TPSA) is 46.0 Å². The molecule has 30 heavy (non-hydrogen) atoms. The van der Waals surface area contributed by atoms with Gasteiger partial charge in [-0.2, -0.15) is 0 Å². The van der Waals surface area contributed by atoms with Crippen molar-refractivity contribution in [2.24, 2.45) is 0 Å². The summed E-state index contributed by atoms with van der Waals surface area (Å²) in [6.45, 7) is 9.45. The molecule has 1 aromatic carbocycles. The first-order valence-electron chi connectivity index (χ1n) is 10.7. The highest BCUT2D eigenvalue weighted by atomic mass is 35.5. The molecule has 0 saturated carbocycles. The van der Waals surface area contributed by atoms with Crippen LogP contribution in [0.25, 0.3) is 5.69 Å². The molecule has 5 rings (SSSR count). The van der Waals surface area contributed by atoms with E-state index in [1.165, 1.54) is 16.8 Å². The average Bonchev–Trinajstić information content (AvgIpc) is 3.19. The summed E-state index contributed by atoms with van der Waals surface area (Å²) in [7, 11) is 0. The lowest BCUT2D eigenvalue weighted by Gasteiger charge is -2.46. The minimum absolute atomic E-state index is 0.108. The van der Waals surface area contributed by atoms with Crippen LogP contribution in [0.3, 0.4) is 0 Å². The maximum Gasteiger partial charge on any atom is 0.116 e. The van der Waals surface area contributed by atoms with Gasteiger partial charge >= 0.3 is 0 Å². The Hall–Kier alpha value is -2.37. The zero-order chi connectivity index (χ0) is 20.9. The zero-order valence-electron chi connectivity index (χ0n) is 17.8. The van der Waals surface area contributed by atoms with Gasteiger partial charge in [0.2, 0.25) is 0 Å². The first-order valence-corrected chi connectivity index (χ1v) is 11.1. The SMILES string of the molecule is Cc1ccc(Cl)c(CN2CCC3(CC2)Nc2cnccc2-n2c3cnc2C(C)C)c1. The minimum atomic E-state index is -0.108. The first kappa shape index (κ1) is 19.6. The summed E-state index contributed by atoms with van der Waals surface area (Å²) in [4.78, 5) is 11.7. The molecule has 2 aliphatic rings. The Bertz CT molecular complexity index is 1080. The third-order valence-electron chi connectivity index (χ3n) is 6.51. The van der Waals surface area contributed by atoms with Crippen molar-refractivity contribution in [1.29, 1.82) is 0 Å². The van der Waals surface area contributed by atoms with E-state index in [1.54, 1.807) is 0 Å². The number of fused-ring (bicyclic) bond motifs is 4. The summed E-state index contributed by atoms with van der Waals surface area (Å²) in [6.07, 6.45) is 7.93. The standard InChI is InChI=1S/C24H28ClN5/c1-16(2)23-27-14-22-24(28-20-13-26-9-6-21(20)30(22)23)7-10-29(11-8-24)15-18-12-17(3)4-5-19(18)25/h4-6,9,12-14,16,28H,7-8,10-11,15H2,1-3H3. The maximum atomic E-state index is 6.46. The highest BCUT2D eigenvalue weighted by Crippen LogP contribution is 2.44. The number of hydrogen-bond acceptors (Lipinski definition) is 4. The van der Waals surface area contributed by atoms with Crippen LogP contribution in [-0.2, 0) is 12.1 Å². The molecule has 0 amide bonds. The Morgan fingerprint density at radius 1 is 1.17 bits per heavy atom. The third-order valence-corrected chi connectivity index (χ3v) is 6.88. The summed E-state index contributed by atoms with van der Waals surface area (Å²) < 4.78 is 2.37. The van der Waals surface area contributed by atoms with Crippen LogP contribution in [0.1, 0.15) is 55.3 Å². The van der Waals surface area contributed by atoms with Crippen molar-refractivity contribution in [3.63, 3.8) is 0 Å². The van der Waals surface area contributed by atoms with Gasteiger partial charge in [-0.1, -0.05) is 43.1 Å². The van der Waals surface area contributed by atoms with Crippen LogP contribution < -0.4 is 5.32 Å². The number of piperidine rings is 1. The van der Waals surface area contributed by atoms with Crippen LogP contribution in [0.15, 0.2) is 42.9 Å². The van der Waals surface area contributed by atoms with Gasteiger partial charge in [-0.15, -0.1) is 0 Å². The second kappa shape index (κ2) is 7.40. The van der Waals surface area contributed by atoms with E-state index in [9.17, 15) is 0 Å². The number of anilines is 1. The number of nitrogens with one attached hydrogen (secondary N) is 1. The van der Waals surface area contributed by atoms with E-state index >= 15 is 0 Å². The Balaban J connectivity index is 1.44. The number of imidazole rings is 1. The van der Waals surface area contributed by atoms with E-state index in [-0.39, 0.29) is 5.54 Å². The van der Waals surface area contributed by atoms with E-state index in [2.05, 4.69) is 64.9 Å². The monoisotopic (exact) mass is 421 g/mol. The summed E-state index contributed by atoms with van der Waals surface area (Å²) in [5.74, 6) is 1.48. The predicted octanol–water partition coefficient (Wildman–Crippen LogP) is 5.27. The number of benzene rings is 1. The number of aryl methyl sites for hydroxylation is 1. The molecule has 0 atom stereocenters. The smallest absolute Gasteiger partial charge is 0.116 e. The highest BCUT2D eigenvalue weighted by molar-refractivity contribution is 6.31. The van der Waals surface area contributed by atoms with E-state index < -0.39 is 0 Å². The second-order valence-electron chi connectivity index (χ2n) is 8.96. The lowest BCUT2D eigenvalue weighted by molar-refractivity contribution is 0.162. The largest absolute Gasteiger partial charge is 0.371 e. The van der Waals surface area contributed by atoms with Crippen molar-refractivity contribution in [3.8, 4) is 5.69 Å². The molecule has 4 heterocycles. The van der Waals surface area contributed by atoms with Crippen molar-refractivity contribution in [1.82, 2.24) is 19.4 Å². The summed E-state index contributed by atoms with van der Waals surface area (Å²) in [5.41, 5.74) is 5.89. The van der Waals surface area contributed by atoms with Crippen molar-refractivity contribution in [3.05, 3.63) is 70.5 Å². The molecule has 1 spiro atoms. The van der Waals surface area contributed by atoms with E-state index in [4.69, 9.17) is 16.6 Å². The normalized spacial score (nSPS) is 17.6. The number of halogens is 1. The van der Waals surface area contributed by atoms with Crippen LogP contribution in [-0.4, -0.2) is 32.5 Å². The lowest BCUT2D eigenvalue weighted by Crippen LogP contribution is -2.49. The molecule has 1 fully saturated rings. The molecule has 0 unspecified atom stereocenters. The van der Waals surface area contributed by atoms with Crippen molar-refractivity contribution >= 4 is 17.3 Å². The highest BCUT2D eigenvalue weighted by Gasteiger charge is 2.43. The summed E-state index contributed by atoms with van der Waals surface area (Å²) in [5, 5.41) is 4.71. The Kier molecular flexibility index (Phi) is 4.83. The zero-order valence-corrected chi connectivity index (χ0v) is 18.6. The van der Waals surface area contributed by atoms with Crippen LogP contribution in [0.4, 0.5) is 5.69 Å². The van der Waals surface area contributed by atoms with Gasteiger partial charge in [0.1, 0.15) is 5.82 Å². The molecule has 6 heteroatoms. The fourth-order valence-corrected chi connectivity index (χ4v) is 5.08. The van der Waals surface area contributed by atoms with Crippen LogP contribution in [0, 0.1) is 6.92 Å². The third kappa shape index (κ3) is 3.21. The average molecular weight is 422 g/mol. The van der Waals surface area contributed by atoms with Crippen LogP contribution >= 0.6 is 11.6 Å². The molecule has 1 saturated heterocycles. The molecule has 2 aromatic heterocycles. The second-order valence-corrected chi connectivity index (χ2v) is 9.37. The van der Waals surface area contributed by atoms with Crippen LogP contribution in [0.2, 0.25) is 5.02 Å². The molecule has 1 N–H and O–H groups in total. The fourth-order valence-electron chi connectivity index (χ4n) is 4.90. The van der Waals surface area contributed by atoms with Gasteiger partial charge in [0.15, 0.2) is 0 Å². The Morgan fingerprint density at radius 2 is 1.97 bits per heavy atom. The fraction of sp³-hybridized carbons (Fsp3) is 0.417. The summed E-state index contributed by atoms with van der Waals surface area (Å²) >= 11 is 6.46. The molecule has 3 aromatic rings. The molecule has 0 radical (unpaired) electrons. The molecular weight excluding hydrogens is 394 g/mol. The van der Waals surface area contributed by atoms with Crippen molar-refractivity contribution in [2.45, 2.75) is 51.6 Å².